The van der Waals surface area contributed by atoms with Crippen LogP contribution in [0.4, 0.5) is 4.79 Å². The van der Waals surface area contributed by atoms with Gasteiger partial charge in [0.15, 0.2) is 0 Å². The molecule has 0 fully saturated rings. The minimum absolute atomic E-state index is 0.00483. The fraction of sp³-hybridized carbons (Fsp3) is 0.375. The predicted octanol–water partition coefficient (Wildman–Crippen LogP) is 5.44. The molecular weight excluding hydrogens is 378 g/mol. The maximum Gasteiger partial charge on any atom is 0.318 e. The summed E-state index contributed by atoms with van der Waals surface area (Å²) in [6.45, 7) is 4.70. The molecule has 29 heavy (non-hydrogen) atoms. The fourth-order valence-electron chi connectivity index (χ4n) is 4.70. The van der Waals surface area contributed by atoms with E-state index in [0.29, 0.717) is 6.54 Å². The van der Waals surface area contributed by atoms with Gasteiger partial charge in [0, 0.05) is 22.7 Å². The molecule has 0 radical (unpaired) electrons. The smallest absolute Gasteiger partial charge is 0.318 e. The van der Waals surface area contributed by atoms with E-state index in [1.165, 1.54) is 40.3 Å². The second-order valence-corrected chi connectivity index (χ2v) is 9.43. The number of aromatic nitrogens is 1. The van der Waals surface area contributed by atoms with E-state index < -0.39 is 0 Å². The molecule has 0 saturated heterocycles. The van der Waals surface area contributed by atoms with Crippen molar-refractivity contribution in [2.45, 2.75) is 58.2 Å². The molecule has 0 spiro atoms. The van der Waals surface area contributed by atoms with E-state index in [4.69, 9.17) is 0 Å². The summed E-state index contributed by atoms with van der Waals surface area (Å²) in [5.41, 5.74) is 5.15. The van der Waals surface area contributed by atoms with E-state index in [9.17, 15) is 4.79 Å². The van der Waals surface area contributed by atoms with Gasteiger partial charge in [0.05, 0.1) is 18.3 Å². The Morgan fingerprint density at radius 3 is 2.66 bits per heavy atom. The number of hydrogen-bond donors (Lipinski definition) is 1. The third-order valence-electron chi connectivity index (χ3n) is 5.97. The Kier molecular flexibility index (Phi) is 4.70. The van der Waals surface area contributed by atoms with Crippen molar-refractivity contribution in [3.63, 3.8) is 0 Å². The van der Waals surface area contributed by atoms with E-state index in [1.807, 2.05) is 36.2 Å². The summed E-state index contributed by atoms with van der Waals surface area (Å²) < 4.78 is 2.33. The Morgan fingerprint density at radius 1 is 1.07 bits per heavy atom. The van der Waals surface area contributed by atoms with Crippen molar-refractivity contribution in [1.29, 1.82) is 0 Å². The second-order valence-electron chi connectivity index (χ2n) is 8.34. The van der Waals surface area contributed by atoms with Crippen LogP contribution in [0.5, 0.6) is 0 Å². The molecule has 5 heteroatoms. The number of amides is 2. The number of benzene rings is 1. The summed E-state index contributed by atoms with van der Waals surface area (Å²) in [4.78, 5) is 16.9. The minimum Gasteiger partial charge on any atom is -0.336 e. The number of rotatable bonds is 2. The zero-order chi connectivity index (χ0) is 20.0. The second kappa shape index (κ2) is 7.38. The van der Waals surface area contributed by atoms with E-state index >= 15 is 0 Å². The lowest BCUT2D eigenvalue weighted by Gasteiger charge is -2.32. The molecule has 4 nitrogen and oxygen atoms in total. The first kappa shape index (κ1) is 18.5. The molecule has 2 amide bonds. The lowest BCUT2D eigenvalue weighted by atomic mass is 9.95. The van der Waals surface area contributed by atoms with Crippen LogP contribution < -0.4 is 5.32 Å². The van der Waals surface area contributed by atoms with Gasteiger partial charge in [-0.05, 0) is 62.8 Å². The molecule has 1 N–H and O–H groups in total. The summed E-state index contributed by atoms with van der Waals surface area (Å²) in [5.74, 6) is 0. The monoisotopic (exact) mass is 405 g/mol. The standard InChI is InChI=1S/C24H27N3OS/c1-16(2)25-24(28)27-15-19-18-11-6-7-13-21(18)29-23(19)26-14-8-12-20(26)22(27)17-9-4-3-5-10-17/h3-5,8-10,12,14,16,22H,6-7,11,13,15H2,1-2H3,(H,25,28)/t22-/m1/s1. The molecular formula is C24H27N3OS. The average Bonchev–Trinajstić information content (AvgIpc) is 3.30. The molecule has 0 bridgehead atoms. The van der Waals surface area contributed by atoms with E-state index in [-0.39, 0.29) is 18.1 Å². The maximum absolute atomic E-state index is 13.4. The Balaban J connectivity index is 1.70. The summed E-state index contributed by atoms with van der Waals surface area (Å²) in [5, 5.41) is 4.45. The number of nitrogens with one attached hydrogen (secondary N) is 1. The zero-order valence-electron chi connectivity index (χ0n) is 17.0. The van der Waals surface area contributed by atoms with Crippen molar-refractivity contribution in [2.75, 3.05) is 0 Å². The first-order valence-electron chi connectivity index (χ1n) is 10.6. The van der Waals surface area contributed by atoms with Crippen LogP contribution in [0, 0.1) is 0 Å². The summed E-state index contributed by atoms with van der Waals surface area (Å²) in [6, 6.07) is 14.7. The van der Waals surface area contributed by atoms with Crippen molar-refractivity contribution in [3.8, 4) is 5.00 Å². The van der Waals surface area contributed by atoms with Crippen LogP contribution in [-0.2, 0) is 19.4 Å². The van der Waals surface area contributed by atoms with Gasteiger partial charge in [-0.3, -0.25) is 0 Å². The van der Waals surface area contributed by atoms with Gasteiger partial charge >= 0.3 is 6.03 Å². The molecule has 0 saturated carbocycles. The highest BCUT2D eigenvalue weighted by Crippen LogP contribution is 2.43. The number of hydrogen-bond acceptors (Lipinski definition) is 2. The highest BCUT2D eigenvalue weighted by molar-refractivity contribution is 7.15. The van der Waals surface area contributed by atoms with Crippen LogP contribution >= 0.6 is 11.3 Å². The van der Waals surface area contributed by atoms with E-state index in [2.05, 4.69) is 52.5 Å². The lowest BCUT2D eigenvalue weighted by Crippen LogP contribution is -2.44. The van der Waals surface area contributed by atoms with Crippen LogP contribution in [0.15, 0.2) is 48.7 Å². The molecule has 150 valence electrons. The molecule has 1 aliphatic heterocycles. The summed E-state index contributed by atoms with van der Waals surface area (Å²) in [7, 11) is 0. The summed E-state index contributed by atoms with van der Waals surface area (Å²) >= 11 is 1.93. The van der Waals surface area contributed by atoms with E-state index in [0.717, 1.165) is 17.7 Å². The molecule has 3 aromatic rings. The Morgan fingerprint density at radius 2 is 1.86 bits per heavy atom. The van der Waals surface area contributed by atoms with Crippen LogP contribution in [0.1, 0.15) is 60.0 Å². The Hall–Kier alpha value is -2.53. The van der Waals surface area contributed by atoms with Crippen LogP contribution in [-0.4, -0.2) is 21.5 Å². The van der Waals surface area contributed by atoms with Gasteiger partial charge in [0.25, 0.3) is 0 Å². The first-order chi connectivity index (χ1) is 14.1. The largest absolute Gasteiger partial charge is 0.336 e. The van der Waals surface area contributed by atoms with Crippen molar-refractivity contribution in [1.82, 2.24) is 14.8 Å². The number of thiophene rings is 1. The molecule has 2 aliphatic rings. The molecule has 1 aliphatic carbocycles. The van der Waals surface area contributed by atoms with Gasteiger partial charge in [0.1, 0.15) is 5.00 Å². The first-order valence-corrected chi connectivity index (χ1v) is 11.4. The quantitative estimate of drug-likeness (QED) is 0.606. The Labute approximate surface area is 176 Å². The fourth-order valence-corrected chi connectivity index (χ4v) is 6.11. The molecule has 1 aromatic carbocycles. The van der Waals surface area contributed by atoms with Gasteiger partial charge in [0.2, 0.25) is 0 Å². The molecule has 5 rings (SSSR count). The minimum atomic E-state index is -0.108. The SMILES string of the molecule is CC(C)NC(=O)N1Cc2c(sc3c2CCCC3)-n2cccc2[C@H]1c1ccccc1. The maximum atomic E-state index is 13.4. The van der Waals surface area contributed by atoms with Gasteiger partial charge in [-0.1, -0.05) is 30.3 Å². The zero-order valence-corrected chi connectivity index (χ0v) is 17.8. The molecule has 1 atom stereocenters. The van der Waals surface area contributed by atoms with Crippen LogP contribution in [0.2, 0.25) is 0 Å². The van der Waals surface area contributed by atoms with Crippen LogP contribution in [0.3, 0.4) is 0 Å². The normalized spacial score (nSPS) is 18.0. The lowest BCUT2D eigenvalue weighted by molar-refractivity contribution is 0.178. The Bertz CT molecular complexity index is 1030. The third-order valence-corrected chi connectivity index (χ3v) is 7.30. The number of fused-ring (bicyclic) bond motifs is 5. The average molecular weight is 406 g/mol. The van der Waals surface area contributed by atoms with Gasteiger partial charge in [-0.15, -0.1) is 11.3 Å². The topological polar surface area (TPSA) is 37.3 Å². The number of aryl methyl sites for hydroxylation is 1. The van der Waals surface area contributed by atoms with Gasteiger partial charge in [-0.25, -0.2) is 4.79 Å². The van der Waals surface area contributed by atoms with Crippen molar-refractivity contribution in [3.05, 3.63) is 75.9 Å². The van der Waals surface area contributed by atoms with Crippen LogP contribution in [0.25, 0.3) is 5.00 Å². The van der Waals surface area contributed by atoms with Crippen molar-refractivity contribution < 1.29 is 4.79 Å². The third kappa shape index (κ3) is 3.18. The van der Waals surface area contributed by atoms with Crippen molar-refractivity contribution in [2.24, 2.45) is 0 Å². The van der Waals surface area contributed by atoms with Gasteiger partial charge < -0.3 is 14.8 Å². The predicted molar refractivity (Wildman–Crippen MR) is 118 cm³/mol. The molecule has 0 unspecified atom stereocenters. The highest BCUT2D eigenvalue weighted by Gasteiger charge is 2.36. The molecule has 2 aromatic heterocycles. The number of urea groups is 1. The van der Waals surface area contributed by atoms with Crippen molar-refractivity contribution >= 4 is 17.4 Å². The number of carbonyl (C=O) groups excluding carboxylic acids is 1. The van der Waals surface area contributed by atoms with Gasteiger partial charge in [-0.2, -0.15) is 0 Å². The number of carbonyl (C=O) groups is 1. The van der Waals surface area contributed by atoms with E-state index in [1.54, 1.807) is 0 Å². The highest BCUT2D eigenvalue weighted by atomic mass is 32.1. The molecule has 3 heterocycles. The number of nitrogens with zero attached hydrogens (tertiary/aromatic N) is 2. The summed E-state index contributed by atoms with van der Waals surface area (Å²) in [6.07, 6.45) is 6.98.